The lowest BCUT2D eigenvalue weighted by atomic mass is 10.2. The van der Waals surface area contributed by atoms with E-state index in [0.717, 1.165) is 48.1 Å². The smallest absolute Gasteiger partial charge is 0.134 e. The quantitative estimate of drug-likeness (QED) is 0.554. The van der Waals surface area contributed by atoms with Gasteiger partial charge in [0.1, 0.15) is 12.4 Å². The molecule has 0 spiro atoms. The van der Waals surface area contributed by atoms with E-state index in [4.69, 9.17) is 9.84 Å². The lowest BCUT2D eigenvalue weighted by Crippen LogP contribution is -2.14. The van der Waals surface area contributed by atoms with E-state index in [-0.39, 0.29) is 19.0 Å². The maximum Gasteiger partial charge on any atom is 0.134 e. The predicted molar refractivity (Wildman–Crippen MR) is 105 cm³/mol. The van der Waals surface area contributed by atoms with Gasteiger partial charge in [-0.1, -0.05) is 36.4 Å². The van der Waals surface area contributed by atoms with Crippen LogP contribution in [-0.2, 0) is 13.2 Å². The van der Waals surface area contributed by atoms with E-state index in [1.54, 1.807) is 0 Å². The fraction of sp³-hybridized carbons (Fsp3) is 0.368. The number of nitrogens with one attached hydrogen (secondary N) is 1. The topological polar surface area (TPSA) is 41.5 Å². The Labute approximate surface area is 159 Å². The summed E-state index contributed by atoms with van der Waals surface area (Å²) in [6, 6.07) is 16.4. The first kappa shape index (κ1) is 21.0. The Morgan fingerprint density at radius 1 is 0.958 bits per heavy atom. The zero-order valence-electron chi connectivity index (χ0n) is 13.7. The predicted octanol–water partition coefficient (Wildman–Crippen LogP) is 4.70. The van der Waals surface area contributed by atoms with Crippen LogP contribution in [0.15, 0.2) is 53.0 Å². The number of halogens is 2. The largest absolute Gasteiger partial charge is 0.488 e. The Balaban J connectivity index is 0.00000288. The Hall–Kier alpha value is -1.07. The monoisotopic (exact) mass is 413 g/mol. The van der Waals surface area contributed by atoms with Crippen molar-refractivity contribution in [1.82, 2.24) is 5.32 Å². The molecule has 3 nitrogen and oxygen atoms in total. The number of hydrogen-bond acceptors (Lipinski definition) is 3. The number of rotatable bonds is 10. The highest BCUT2D eigenvalue weighted by Gasteiger charge is 2.03. The Bertz CT molecular complexity index is 581. The third kappa shape index (κ3) is 7.67. The Morgan fingerprint density at radius 3 is 2.46 bits per heavy atom. The maximum absolute atomic E-state index is 8.74. The molecule has 0 atom stereocenters. The highest BCUT2D eigenvalue weighted by atomic mass is 79.9. The van der Waals surface area contributed by atoms with Crippen LogP contribution in [0.5, 0.6) is 5.75 Å². The number of ether oxygens (including phenoxy) is 1. The highest BCUT2D eigenvalue weighted by Crippen LogP contribution is 2.26. The van der Waals surface area contributed by atoms with E-state index in [2.05, 4.69) is 45.5 Å². The van der Waals surface area contributed by atoms with Crippen LogP contribution in [0.25, 0.3) is 0 Å². The fourth-order valence-electron chi connectivity index (χ4n) is 2.28. The normalized spacial score (nSPS) is 10.2. The first-order valence-electron chi connectivity index (χ1n) is 8.06. The third-order valence-electron chi connectivity index (χ3n) is 3.57. The van der Waals surface area contributed by atoms with E-state index in [1.165, 1.54) is 5.56 Å². The van der Waals surface area contributed by atoms with Crippen molar-refractivity contribution in [3.63, 3.8) is 0 Å². The summed E-state index contributed by atoms with van der Waals surface area (Å²) in [7, 11) is 0. The third-order valence-corrected chi connectivity index (χ3v) is 4.19. The SMILES string of the molecule is Cl.OCCCCCNCc1ccc(OCc2ccccc2)c(Br)c1. The maximum atomic E-state index is 8.74. The van der Waals surface area contributed by atoms with Crippen LogP contribution in [-0.4, -0.2) is 18.3 Å². The van der Waals surface area contributed by atoms with E-state index in [0.29, 0.717) is 6.61 Å². The standard InChI is InChI=1S/C19H24BrNO2.ClH/c20-18-13-17(14-21-11-5-2-6-12-22)9-10-19(18)23-15-16-7-3-1-4-8-16;/h1,3-4,7-10,13,21-22H,2,5-6,11-12,14-15H2;1H. The molecule has 0 amide bonds. The highest BCUT2D eigenvalue weighted by molar-refractivity contribution is 9.10. The van der Waals surface area contributed by atoms with E-state index < -0.39 is 0 Å². The summed E-state index contributed by atoms with van der Waals surface area (Å²) in [5.41, 5.74) is 2.39. The molecule has 2 aromatic carbocycles. The van der Waals surface area contributed by atoms with Crippen LogP contribution < -0.4 is 10.1 Å². The van der Waals surface area contributed by atoms with Crippen LogP contribution in [0.1, 0.15) is 30.4 Å². The molecule has 0 unspecified atom stereocenters. The summed E-state index contributed by atoms with van der Waals surface area (Å²) in [4.78, 5) is 0. The van der Waals surface area contributed by atoms with Gasteiger partial charge in [-0.25, -0.2) is 0 Å². The summed E-state index contributed by atoms with van der Waals surface area (Å²) in [5.74, 6) is 0.862. The van der Waals surface area contributed by atoms with Crippen molar-refractivity contribution in [2.45, 2.75) is 32.4 Å². The average Bonchev–Trinajstić information content (AvgIpc) is 2.58. The molecule has 0 bridgehead atoms. The second kappa shape index (κ2) is 12.3. The van der Waals surface area contributed by atoms with Gasteiger partial charge in [0.05, 0.1) is 4.47 Å². The van der Waals surface area contributed by atoms with E-state index in [9.17, 15) is 0 Å². The van der Waals surface area contributed by atoms with Crippen LogP contribution in [0.2, 0.25) is 0 Å². The van der Waals surface area contributed by atoms with Crippen molar-refractivity contribution in [3.05, 3.63) is 64.1 Å². The number of aliphatic hydroxyl groups is 1. The molecule has 5 heteroatoms. The van der Waals surface area contributed by atoms with Crippen molar-refractivity contribution in [2.24, 2.45) is 0 Å². The number of aliphatic hydroxyl groups excluding tert-OH is 1. The van der Waals surface area contributed by atoms with Crippen molar-refractivity contribution in [2.75, 3.05) is 13.2 Å². The molecule has 0 aromatic heterocycles. The van der Waals surface area contributed by atoms with Crippen molar-refractivity contribution in [3.8, 4) is 5.75 Å². The van der Waals surface area contributed by atoms with Crippen LogP contribution >= 0.6 is 28.3 Å². The molecule has 0 fully saturated rings. The molecular formula is C19H25BrClNO2. The van der Waals surface area contributed by atoms with Crippen molar-refractivity contribution in [1.29, 1.82) is 0 Å². The molecule has 2 aromatic rings. The van der Waals surface area contributed by atoms with Gasteiger partial charge in [-0.15, -0.1) is 12.4 Å². The van der Waals surface area contributed by atoms with Gasteiger partial charge in [0.15, 0.2) is 0 Å². The minimum absolute atomic E-state index is 0. The second-order valence-corrected chi connectivity index (χ2v) is 6.35. The average molecular weight is 415 g/mol. The Morgan fingerprint density at radius 2 is 1.75 bits per heavy atom. The van der Waals surface area contributed by atoms with E-state index >= 15 is 0 Å². The van der Waals surface area contributed by atoms with Gasteiger partial charge in [-0.2, -0.15) is 0 Å². The van der Waals surface area contributed by atoms with Crippen molar-refractivity contribution >= 4 is 28.3 Å². The minimum Gasteiger partial charge on any atom is -0.488 e. The molecule has 0 aliphatic heterocycles. The minimum atomic E-state index is 0. The van der Waals surface area contributed by atoms with Crippen LogP contribution in [0.4, 0.5) is 0 Å². The molecule has 2 N–H and O–H groups in total. The van der Waals surface area contributed by atoms with Crippen LogP contribution in [0, 0.1) is 0 Å². The van der Waals surface area contributed by atoms with Gasteiger partial charge in [-0.05, 0) is 65.0 Å². The summed E-state index contributed by atoms with van der Waals surface area (Å²) >= 11 is 3.58. The van der Waals surface area contributed by atoms with Gasteiger partial charge in [0.2, 0.25) is 0 Å². The zero-order valence-corrected chi connectivity index (χ0v) is 16.1. The van der Waals surface area contributed by atoms with Gasteiger partial charge in [0, 0.05) is 13.2 Å². The number of unbranched alkanes of at least 4 members (excludes halogenated alkanes) is 2. The van der Waals surface area contributed by atoms with Gasteiger partial charge in [0.25, 0.3) is 0 Å². The molecule has 0 heterocycles. The summed E-state index contributed by atoms with van der Waals surface area (Å²) < 4.78 is 6.84. The molecule has 0 saturated carbocycles. The summed E-state index contributed by atoms with van der Waals surface area (Å²) in [5, 5.41) is 12.2. The van der Waals surface area contributed by atoms with Crippen LogP contribution in [0.3, 0.4) is 0 Å². The fourth-order valence-corrected chi connectivity index (χ4v) is 2.82. The van der Waals surface area contributed by atoms with Gasteiger partial charge < -0.3 is 15.2 Å². The first-order valence-corrected chi connectivity index (χ1v) is 8.85. The molecular weight excluding hydrogens is 390 g/mol. The molecule has 0 aliphatic rings. The second-order valence-electron chi connectivity index (χ2n) is 5.50. The molecule has 0 radical (unpaired) electrons. The molecule has 0 saturated heterocycles. The lowest BCUT2D eigenvalue weighted by molar-refractivity contribution is 0.283. The van der Waals surface area contributed by atoms with Gasteiger partial charge >= 0.3 is 0 Å². The van der Waals surface area contributed by atoms with E-state index in [1.807, 2.05) is 24.3 Å². The lowest BCUT2D eigenvalue weighted by Gasteiger charge is -2.10. The molecule has 0 aliphatic carbocycles. The summed E-state index contributed by atoms with van der Waals surface area (Å²) in [6.07, 6.45) is 3.06. The number of benzene rings is 2. The summed E-state index contributed by atoms with van der Waals surface area (Å²) in [6.45, 7) is 2.68. The molecule has 2 rings (SSSR count). The first-order chi connectivity index (χ1) is 11.3. The van der Waals surface area contributed by atoms with Gasteiger partial charge in [-0.3, -0.25) is 0 Å². The Kier molecular flexibility index (Phi) is 10.8. The molecule has 24 heavy (non-hydrogen) atoms. The van der Waals surface area contributed by atoms with Crippen molar-refractivity contribution < 1.29 is 9.84 Å². The zero-order chi connectivity index (χ0) is 16.3. The molecule has 132 valence electrons. The number of hydrogen-bond donors (Lipinski definition) is 2.